The van der Waals surface area contributed by atoms with Crippen LogP contribution < -0.4 is 5.73 Å². The minimum Gasteiger partial charge on any atom is -0.330 e. The Balaban J connectivity index is 2.60. The highest BCUT2D eigenvalue weighted by Gasteiger charge is 2.44. The summed E-state index contributed by atoms with van der Waals surface area (Å²) in [5, 5.41) is 0. The van der Waals surface area contributed by atoms with Crippen LogP contribution in [0, 0.1) is 5.82 Å². The summed E-state index contributed by atoms with van der Waals surface area (Å²) in [4.78, 5) is 0. The normalized spacial score (nSPS) is 19.2. The molecule has 0 spiro atoms. The first-order chi connectivity index (χ1) is 8.41. The lowest BCUT2D eigenvalue weighted by atomic mass is 9.76. The van der Waals surface area contributed by atoms with Crippen molar-refractivity contribution in [1.82, 2.24) is 0 Å². The molecule has 0 aromatic heterocycles. The zero-order valence-corrected chi connectivity index (χ0v) is 9.86. The Morgan fingerprint density at radius 1 is 1.17 bits per heavy atom. The van der Waals surface area contributed by atoms with Crippen LogP contribution in [0.3, 0.4) is 0 Å². The lowest BCUT2D eigenvalue weighted by molar-refractivity contribution is -0.141. The number of hydrogen-bond donors (Lipinski definition) is 1. The van der Waals surface area contributed by atoms with Crippen molar-refractivity contribution >= 4 is 0 Å². The highest BCUT2D eigenvalue weighted by molar-refractivity contribution is 5.38. The molecule has 2 N–H and O–H groups in total. The molecule has 0 bridgehead atoms. The van der Waals surface area contributed by atoms with Crippen molar-refractivity contribution in [3.63, 3.8) is 0 Å². The van der Waals surface area contributed by atoms with Gasteiger partial charge in [0.05, 0.1) is 5.56 Å². The second-order valence-electron chi connectivity index (χ2n) is 4.85. The third-order valence-electron chi connectivity index (χ3n) is 3.82. The fraction of sp³-hybridized carbons (Fsp3) is 0.538. The molecule has 1 nitrogen and oxygen atoms in total. The molecule has 2 rings (SSSR count). The van der Waals surface area contributed by atoms with Crippen LogP contribution in [-0.4, -0.2) is 6.54 Å². The van der Waals surface area contributed by atoms with Crippen LogP contribution in [0.2, 0.25) is 0 Å². The number of alkyl halides is 3. The molecule has 0 atom stereocenters. The molecule has 0 saturated heterocycles. The maximum atomic E-state index is 13.5. The average molecular weight is 261 g/mol. The molecule has 1 aliphatic rings. The highest BCUT2D eigenvalue weighted by atomic mass is 19.4. The van der Waals surface area contributed by atoms with E-state index in [0.29, 0.717) is 12.8 Å². The fourth-order valence-electron chi connectivity index (χ4n) is 2.89. The van der Waals surface area contributed by atoms with Gasteiger partial charge in [0.25, 0.3) is 0 Å². The van der Waals surface area contributed by atoms with Gasteiger partial charge in [-0.3, -0.25) is 0 Å². The van der Waals surface area contributed by atoms with Crippen molar-refractivity contribution in [3.05, 3.63) is 35.1 Å². The van der Waals surface area contributed by atoms with Crippen LogP contribution >= 0.6 is 0 Å². The molecule has 100 valence electrons. The summed E-state index contributed by atoms with van der Waals surface area (Å²) in [6.45, 7) is 0.125. The van der Waals surface area contributed by atoms with Crippen LogP contribution in [0.1, 0.15) is 36.8 Å². The van der Waals surface area contributed by atoms with Gasteiger partial charge in [0.1, 0.15) is 5.82 Å². The Labute approximate surface area is 103 Å². The molecule has 18 heavy (non-hydrogen) atoms. The minimum atomic E-state index is -4.68. The molecular formula is C13H15F4N. The lowest BCUT2D eigenvalue weighted by Crippen LogP contribution is -2.34. The van der Waals surface area contributed by atoms with Gasteiger partial charge in [0.2, 0.25) is 0 Å². The number of benzene rings is 1. The summed E-state index contributed by atoms with van der Waals surface area (Å²) in [6, 6.07) is 3.55. The van der Waals surface area contributed by atoms with Crippen molar-refractivity contribution < 1.29 is 17.6 Å². The fourth-order valence-corrected chi connectivity index (χ4v) is 2.89. The Bertz CT molecular complexity index is 433. The zero-order chi connectivity index (χ0) is 13.4. The number of hydrogen-bond acceptors (Lipinski definition) is 1. The Morgan fingerprint density at radius 2 is 1.78 bits per heavy atom. The summed E-state index contributed by atoms with van der Waals surface area (Å²) in [6.07, 6.45) is -1.81. The smallest absolute Gasteiger partial charge is 0.330 e. The van der Waals surface area contributed by atoms with Gasteiger partial charge < -0.3 is 5.73 Å². The molecule has 0 aliphatic heterocycles. The molecule has 0 amide bonds. The maximum Gasteiger partial charge on any atom is 0.419 e. The predicted molar refractivity (Wildman–Crippen MR) is 60.6 cm³/mol. The van der Waals surface area contributed by atoms with Crippen LogP contribution in [0.4, 0.5) is 17.6 Å². The SMILES string of the molecule is NCC1(c2cccc(F)c2C(F)(F)F)CCCC1. The first-order valence-electron chi connectivity index (χ1n) is 5.97. The van der Waals surface area contributed by atoms with E-state index in [2.05, 4.69) is 0 Å². The summed E-state index contributed by atoms with van der Waals surface area (Å²) < 4.78 is 52.5. The van der Waals surface area contributed by atoms with Gasteiger partial charge in [-0.25, -0.2) is 4.39 Å². The van der Waals surface area contributed by atoms with Crippen molar-refractivity contribution in [2.75, 3.05) is 6.54 Å². The molecule has 5 heteroatoms. The van der Waals surface area contributed by atoms with Gasteiger partial charge in [-0.1, -0.05) is 25.0 Å². The van der Waals surface area contributed by atoms with E-state index in [1.165, 1.54) is 12.1 Å². The van der Waals surface area contributed by atoms with E-state index < -0.39 is 23.0 Å². The first kappa shape index (κ1) is 13.3. The van der Waals surface area contributed by atoms with E-state index in [9.17, 15) is 17.6 Å². The van der Waals surface area contributed by atoms with Gasteiger partial charge in [0.15, 0.2) is 0 Å². The molecule has 1 saturated carbocycles. The number of halogens is 4. The molecule has 0 unspecified atom stereocenters. The van der Waals surface area contributed by atoms with Gasteiger partial charge in [-0.15, -0.1) is 0 Å². The Morgan fingerprint density at radius 3 is 2.28 bits per heavy atom. The number of nitrogens with two attached hydrogens (primary N) is 1. The van der Waals surface area contributed by atoms with Crippen molar-refractivity contribution in [1.29, 1.82) is 0 Å². The second kappa shape index (κ2) is 4.53. The monoisotopic (exact) mass is 261 g/mol. The lowest BCUT2D eigenvalue weighted by Gasteiger charge is -2.31. The molecule has 0 heterocycles. The Hall–Kier alpha value is -1.10. The predicted octanol–water partition coefficient (Wildman–Crippen LogP) is 3.62. The molecular weight excluding hydrogens is 246 g/mol. The highest BCUT2D eigenvalue weighted by Crippen LogP contribution is 2.46. The zero-order valence-electron chi connectivity index (χ0n) is 9.86. The van der Waals surface area contributed by atoms with Crippen molar-refractivity contribution in [2.24, 2.45) is 5.73 Å². The molecule has 1 aromatic carbocycles. The van der Waals surface area contributed by atoms with Crippen LogP contribution in [0.15, 0.2) is 18.2 Å². The average Bonchev–Trinajstić information content (AvgIpc) is 2.76. The third-order valence-corrected chi connectivity index (χ3v) is 3.82. The molecule has 1 aliphatic carbocycles. The van der Waals surface area contributed by atoms with Crippen molar-refractivity contribution in [3.8, 4) is 0 Å². The van der Waals surface area contributed by atoms with E-state index in [-0.39, 0.29) is 12.1 Å². The van der Waals surface area contributed by atoms with E-state index in [0.717, 1.165) is 18.9 Å². The van der Waals surface area contributed by atoms with Crippen LogP contribution in [0.25, 0.3) is 0 Å². The van der Waals surface area contributed by atoms with Crippen LogP contribution in [0.5, 0.6) is 0 Å². The third kappa shape index (κ3) is 2.11. The molecule has 1 fully saturated rings. The van der Waals surface area contributed by atoms with E-state index in [1.807, 2.05) is 0 Å². The topological polar surface area (TPSA) is 26.0 Å². The summed E-state index contributed by atoms with van der Waals surface area (Å²) >= 11 is 0. The van der Waals surface area contributed by atoms with E-state index in [1.54, 1.807) is 0 Å². The van der Waals surface area contributed by atoms with Gasteiger partial charge in [0, 0.05) is 12.0 Å². The molecule has 0 radical (unpaired) electrons. The minimum absolute atomic E-state index is 0.0231. The van der Waals surface area contributed by atoms with Gasteiger partial charge in [-0.2, -0.15) is 13.2 Å². The number of rotatable bonds is 2. The van der Waals surface area contributed by atoms with E-state index >= 15 is 0 Å². The largest absolute Gasteiger partial charge is 0.419 e. The molecule has 1 aromatic rings. The van der Waals surface area contributed by atoms with Gasteiger partial charge in [-0.05, 0) is 24.5 Å². The quantitative estimate of drug-likeness (QED) is 0.808. The maximum absolute atomic E-state index is 13.5. The van der Waals surface area contributed by atoms with Crippen LogP contribution in [-0.2, 0) is 11.6 Å². The van der Waals surface area contributed by atoms with Gasteiger partial charge >= 0.3 is 6.18 Å². The van der Waals surface area contributed by atoms with E-state index in [4.69, 9.17) is 5.73 Å². The standard InChI is InChI=1S/C13H15F4N/c14-10-5-3-4-9(11(10)13(15,16)17)12(8-18)6-1-2-7-12/h3-5H,1-2,6-8,18H2. The summed E-state index contributed by atoms with van der Waals surface area (Å²) in [5.74, 6) is -1.21. The van der Waals surface area contributed by atoms with Crippen molar-refractivity contribution in [2.45, 2.75) is 37.3 Å². The summed E-state index contributed by atoms with van der Waals surface area (Å²) in [5.41, 5.74) is 3.84. The second-order valence-corrected chi connectivity index (χ2v) is 4.85. The Kier molecular flexibility index (Phi) is 3.36. The summed E-state index contributed by atoms with van der Waals surface area (Å²) in [7, 11) is 0. The first-order valence-corrected chi connectivity index (χ1v) is 5.97.